The Balaban J connectivity index is 1.40. The zero-order chi connectivity index (χ0) is 25.9. The summed E-state index contributed by atoms with van der Waals surface area (Å²) >= 11 is 0. The molecule has 9 nitrogen and oxygen atoms in total. The summed E-state index contributed by atoms with van der Waals surface area (Å²) in [6.07, 6.45) is 9.20. The van der Waals surface area contributed by atoms with Gasteiger partial charge in [0.25, 0.3) is 0 Å². The third kappa shape index (κ3) is 6.02. The van der Waals surface area contributed by atoms with Gasteiger partial charge in [-0.15, -0.1) is 10.2 Å². The normalized spacial score (nSPS) is 15.8. The van der Waals surface area contributed by atoms with Crippen LogP contribution in [0.4, 0.5) is 10.6 Å². The van der Waals surface area contributed by atoms with Crippen LogP contribution in [0, 0.1) is 5.92 Å². The number of carbonyl (C=O) groups is 1. The number of carbonyl (C=O) groups excluding carboxylic acids is 1. The number of benzene rings is 1. The first kappa shape index (κ1) is 25.2. The van der Waals surface area contributed by atoms with Crippen LogP contribution in [-0.2, 0) is 4.74 Å². The molecule has 1 aliphatic heterocycles. The Morgan fingerprint density at radius 3 is 2.61 bits per heavy atom. The van der Waals surface area contributed by atoms with E-state index in [-0.39, 0.29) is 17.9 Å². The van der Waals surface area contributed by atoms with Crippen LogP contribution in [0.25, 0.3) is 23.4 Å². The van der Waals surface area contributed by atoms with Crippen molar-refractivity contribution in [2.75, 3.05) is 18.8 Å². The second-order valence-corrected chi connectivity index (χ2v) is 10.2. The molecule has 0 aliphatic carbocycles. The molecule has 1 atom stereocenters. The van der Waals surface area contributed by atoms with Crippen molar-refractivity contribution in [1.82, 2.24) is 24.9 Å². The molecule has 1 aliphatic rings. The Kier molecular flexibility index (Phi) is 7.28. The zero-order valence-electron chi connectivity index (χ0n) is 21.3. The molecule has 0 radical (unpaired) electrons. The standard InChI is InChI=1S/C27H34N6O3/c1-18(20-11-13-32(14-12-20)26(35)36-27(2,3)4)33-17-19(16-29-33)9-10-21-15-23(30-31-25(21)28)22-7-5-6-8-24(22)34/h5-10,15-18,20,34H,11-14H2,1-4H3,(H2,28,31)/b10-9+. The molecule has 1 aromatic carbocycles. The van der Waals surface area contributed by atoms with Crippen LogP contribution in [0.3, 0.4) is 0 Å². The Labute approximate surface area is 211 Å². The second kappa shape index (κ2) is 10.4. The Bertz CT molecular complexity index is 1240. The number of ether oxygens (including phenoxy) is 1. The lowest BCUT2D eigenvalue weighted by molar-refractivity contribution is 0.0163. The first-order chi connectivity index (χ1) is 17.1. The van der Waals surface area contributed by atoms with Crippen LogP contribution in [0.15, 0.2) is 42.7 Å². The van der Waals surface area contributed by atoms with E-state index in [1.54, 1.807) is 29.2 Å². The third-order valence-corrected chi connectivity index (χ3v) is 6.40. The number of aromatic hydroxyl groups is 1. The predicted octanol–water partition coefficient (Wildman–Crippen LogP) is 5.01. The molecule has 0 bridgehead atoms. The second-order valence-electron chi connectivity index (χ2n) is 10.2. The topological polar surface area (TPSA) is 119 Å². The van der Waals surface area contributed by atoms with Gasteiger partial charge in [0.15, 0.2) is 5.82 Å². The summed E-state index contributed by atoms with van der Waals surface area (Å²) in [5.74, 6) is 0.864. The number of hydrogen-bond acceptors (Lipinski definition) is 7. The molecule has 1 saturated heterocycles. The lowest BCUT2D eigenvalue weighted by Crippen LogP contribution is -2.42. The van der Waals surface area contributed by atoms with Crippen LogP contribution in [0.5, 0.6) is 5.75 Å². The molecular formula is C27H34N6O3. The van der Waals surface area contributed by atoms with Gasteiger partial charge in [0.1, 0.15) is 11.4 Å². The van der Waals surface area contributed by atoms with E-state index in [1.165, 1.54) is 0 Å². The van der Waals surface area contributed by atoms with Gasteiger partial charge in [0.2, 0.25) is 0 Å². The summed E-state index contributed by atoms with van der Waals surface area (Å²) < 4.78 is 7.48. The average Bonchev–Trinajstić information content (AvgIpc) is 3.32. The number of nitrogen functional groups attached to an aromatic ring is 1. The summed E-state index contributed by atoms with van der Waals surface area (Å²) in [6.45, 7) is 9.19. The summed E-state index contributed by atoms with van der Waals surface area (Å²) in [5, 5.41) is 22.9. The first-order valence-electron chi connectivity index (χ1n) is 12.2. The number of aromatic nitrogens is 4. The zero-order valence-corrected chi connectivity index (χ0v) is 21.3. The minimum Gasteiger partial charge on any atom is -0.507 e. The van der Waals surface area contributed by atoms with Gasteiger partial charge in [-0.3, -0.25) is 4.68 Å². The number of amides is 1. The van der Waals surface area contributed by atoms with Gasteiger partial charge >= 0.3 is 6.09 Å². The first-order valence-corrected chi connectivity index (χ1v) is 12.2. The van der Waals surface area contributed by atoms with E-state index < -0.39 is 5.60 Å². The number of phenolic OH excluding ortho intramolecular Hbond substituents is 1. The van der Waals surface area contributed by atoms with Crippen molar-refractivity contribution >= 4 is 24.1 Å². The Morgan fingerprint density at radius 2 is 1.92 bits per heavy atom. The summed E-state index contributed by atoms with van der Waals surface area (Å²) in [6, 6.07) is 8.99. The SMILES string of the molecule is CC(C1CCN(C(=O)OC(C)(C)C)CC1)n1cc(/C=C/c2cc(-c3ccccc3O)nnc2N)cn1. The fourth-order valence-corrected chi connectivity index (χ4v) is 4.33. The van der Waals surface area contributed by atoms with E-state index in [9.17, 15) is 9.90 Å². The smallest absolute Gasteiger partial charge is 0.410 e. The number of anilines is 1. The van der Waals surface area contributed by atoms with Gasteiger partial charge in [0.05, 0.1) is 17.9 Å². The molecule has 3 N–H and O–H groups in total. The maximum Gasteiger partial charge on any atom is 0.410 e. The van der Waals surface area contributed by atoms with Crippen molar-refractivity contribution in [1.29, 1.82) is 0 Å². The van der Waals surface area contributed by atoms with Gasteiger partial charge in [-0.25, -0.2) is 4.79 Å². The molecule has 4 rings (SSSR count). The van der Waals surface area contributed by atoms with E-state index in [1.807, 2.05) is 56.1 Å². The molecule has 0 spiro atoms. The lowest BCUT2D eigenvalue weighted by Gasteiger charge is -2.35. The third-order valence-electron chi connectivity index (χ3n) is 6.40. The molecule has 1 unspecified atom stereocenters. The monoisotopic (exact) mass is 490 g/mol. The van der Waals surface area contributed by atoms with Crippen molar-refractivity contribution in [3.63, 3.8) is 0 Å². The van der Waals surface area contributed by atoms with E-state index in [0.717, 1.165) is 18.4 Å². The van der Waals surface area contributed by atoms with Crippen molar-refractivity contribution in [2.24, 2.45) is 5.92 Å². The Hall–Kier alpha value is -3.88. The number of hydrogen-bond donors (Lipinski definition) is 2. The fourth-order valence-electron chi connectivity index (χ4n) is 4.33. The average molecular weight is 491 g/mol. The van der Waals surface area contributed by atoms with Crippen molar-refractivity contribution in [2.45, 2.75) is 52.2 Å². The van der Waals surface area contributed by atoms with E-state index in [2.05, 4.69) is 22.2 Å². The molecular weight excluding hydrogens is 456 g/mol. The fraction of sp³-hybridized carbons (Fsp3) is 0.407. The van der Waals surface area contributed by atoms with Crippen molar-refractivity contribution in [3.8, 4) is 17.0 Å². The summed E-state index contributed by atoms with van der Waals surface area (Å²) in [5.41, 5.74) is 8.34. The highest BCUT2D eigenvalue weighted by atomic mass is 16.6. The molecule has 36 heavy (non-hydrogen) atoms. The lowest BCUT2D eigenvalue weighted by atomic mass is 9.90. The quantitative estimate of drug-likeness (QED) is 0.516. The van der Waals surface area contributed by atoms with Crippen LogP contribution in [0.1, 0.15) is 57.7 Å². The number of nitrogens with two attached hydrogens (primary N) is 1. The van der Waals surface area contributed by atoms with Crippen LogP contribution in [0.2, 0.25) is 0 Å². The van der Waals surface area contributed by atoms with Crippen molar-refractivity contribution < 1.29 is 14.6 Å². The number of phenols is 1. The van der Waals surface area contributed by atoms with E-state index in [4.69, 9.17) is 10.5 Å². The minimum atomic E-state index is -0.484. The number of rotatable bonds is 5. The van der Waals surface area contributed by atoms with Gasteiger partial charge in [-0.2, -0.15) is 5.10 Å². The number of nitrogens with zero attached hydrogens (tertiary/aromatic N) is 5. The summed E-state index contributed by atoms with van der Waals surface area (Å²) in [7, 11) is 0. The highest BCUT2D eigenvalue weighted by molar-refractivity contribution is 5.77. The van der Waals surface area contributed by atoms with Gasteiger partial charge in [-0.1, -0.05) is 24.3 Å². The van der Waals surface area contributed by atoms with E-state index >= 15 is 0 Å². The molecule has 2 aromatic heterocycles. The molecule has 0 saturated carbocycles. The molecule has 1 fully saturated rings. The van der Waals surface area contributed by atoms with Gasteiger partial charge in [0, 0.05) is 36.0 Å². The molecule has 9 heteroatoms. The molecule has 1 amide bonds. The number of piperidine rings is 1. The highest BCUT2D eigenvalue weighted by Crippen LogP contribution is 2.30. The van der Waals surface area contributed by atoms with Crippen LogP contribution in [-0.4, -0.2) is 54.8 Å². The van der Waals surface area contributed by atoms with Crippen molar-refractivity contribution in [3.05, 3.63) is 53.9 Å². The molecule has 190 valence electrons. The number of likely N-dealkylation sites (tertiary alicyclic amines) is 1. The largest absolute Gasteiger partial charge is 0.507 e. The van der Waals surface area contributed by atoms with E-state index in [0.29, 0.717) is 41.6 Å². The summed E-state index contributed by atoms with van der Waals surface area (Å²) in [4.78, 5) is 14.1. The highest BCUT2D eigenvalue weighted by Gasteiger charge is 2.30. The van der Waals surface area contributed by atoms with Gasteiger partial charge in [-0.05, 0) is 64.7 Å². The maximum absolute atomic E-state index is 12.3. The van der Waals surface area contributed by atoms with Gasteiger partial charge < -0.3 is 20.5 Å². The Morgan fingerprint density at radius 1 is 1.19 bits per heavy atom. The minimum absolute atomic E-state index is 0.138. The maximum atomic E-state index is 12.3. The number of para-hydroxylation sites is 1. The van der Waals surface area contributed by atoms with Crippen LogP contribution < -0.4 is 5.73 Å². The predicted molar refractivity (Wildman–Crippen MR) is 140 cm³/mol. The molecule has 3 aromatic rings. The van der Waals surface area contributed by atoms with Crippen LogP contribution >= 0.6 is 0 Å². The molecule has 3 heterocycles.